The molecule has 0 aliphatic carbocycles. The maximum atomic E-state index is 12.2. The maximum Gasteiger partial charge on any atom is 0.295 e. The molecule has 1 aliphatic heterocycles. The Bertz CT molecular complexity index is 1060. The molecule has 130 valence electrons. The minimum absolute atomic E-state index is 0.0873. The van der Waals surface area contributed by atoms with Gasteiger partial charge in [-0.2, -0.15) is 0 Å². The van der Waals surface area contributed by atoms with Crippen molar-refractivity contribution in [2.45, 2.75) is 20.3 Å². The Kier molecular flexibility index (Phi) is 4.00. The number of hydrogen-bond acceptors (Lipinski definition) is 5. The van der Waals surface area contributed by atoms with Gasteiger partial charge in [0.25, 0.3) is 5.91 Å². The lowest BCUT2D eigenvalue weighted by Crippen LogP contribution is -2.14. The molecule has 0 unspecified atom stereocenters. The minimum atomic E-state index is -0.392. The number of halogens is 1. The van der Waals surface area contributed by atoms with Crippen LogP contribution in [0.15, 0.2) is 35.5 Å². The number of fused-ring (bicyclic) bond motifs is 1. The van der Waals surface area contributed by atoms with E-state index in [1.807, 2.05) is 6.92 Å². The fourth-order valence-corrected chi connectivity index (χ4v) is 3.04. The third-order valence-electron chi connectivity index (χ3n) is 4.01. The van der Waals surface area contributed by atoms with Gasteiger partial charge in [0.05, 0.1) is 5.71 Å². The lowest BCUT2D eigenvalue weighted by Gasteiger charge is -2.08. The monoisotopic (exact) mass is 366 g/mol. The molecule has 0 saturated carbocycles. The average Bonchev–Trinajstić information content (AvgIpc) is 3.22. The number of pyridine rings is 1. The number of hydrogen-bond donors (Lipinski definition) is 2. The summed E-state index contributed by atoms with van der Waals surface area (Å²) in [5, 5.41) is 9.85. The van der Waals surface area contributed by atoms with Crippen molar-refractivity contribution >= 4 is 34.7 Å². The number of aryl methyl sites for hydroxylation is 2. The second-order valence-electron chi connectivity index (χ2n) is 6.12. The molecule has 1 aromatic carbocycles. The average molecular weight is 367 g/mol. The predicted octanol–water partition coefficient (Wildman–Crippen LogP) is 3.40. The molecule has 0 saturated heterocycles. The fourth-order valence-electron chi connectivity index (χ4n) is 2.81. The lowest BCUT2D eigenvalue weighted by atomic mass is 10.0. The molecule has 0 radical (unpaired) electrons. The highest BCUT2D eigenvalue weighted by Gasteiger charge is 2.20. The van der Waals surface area contributed by atoms with Crippen molar-refractivity contribution in [1.82, 2.24) is 20.2 Å². The normalized spacial score (nSPS) is 12.7. The molecule has 3 aromatic rings. The van der Waals surface area contributed by atoms with Crippen molar-refractivity contribution in [2.75, 3.05) is 5.32 Å². The van der Waals surface area contributed by atoms with E-state index < -0.39 is 5.91 Å². The Morgan fingerprint density at radius 1 is 1.27 bits per heavy atom. The smallest absolute Gasteiger partial charge is 0.295 e. The predicted molar refractivity (Wildman–Crippen MR) is 99.4 cm³/mol. The Morgan fingerprint density at radius 2 is 2.12 bits per heavy atom. The van der Waals surface area contributed by atoms with Gasteiger partial charge < -0.3 is 5.32 Å². The summed E-state index contributed by atoms with van der Waals surface area (Å²) >= 11 is 6.36. The zero-order valence-electron chi connectivity index (χ0n) is 14.2. The van der Waals surface area contributed by atoms with Crippen molar-refractivity contribution in [2.24, 2.45) is 4.99 Å². The summed E-state index contributed by atoms with van der Waals surface area (Å²) in [6, 6.07) is 7.34. The summed E-state index contributed by atoms with van der Waals surface area (Å²) in [5.41, 5.74) is 4.36. The van der Waals surface area contributed by atoms with Crippen molar-refractivity contribution in [3.63, 3.8) is 0 Å². The van der Waals surface area contributed by atoms with Gasteiger partial charge in [-0.25, -0.2) is 15.0 Å². The van der Waals surface area contributed by atoms with E-state index >= 15 is 0 Å². The lowest BCUT2D eigenvalue weighted by molar-refractivity contribution is 0.101. The number of aromatic amines is 1. The first-order valence-electron chi connectivity index (χ1n) is 8.03. The van der Waals surface area contributed by atoms with E-state index in [-0.39, 0.29) is 5.82 Å². The van der Waals surface area contributed by atoms with Gasteiger partial charge in [-0.1, -0.05) is 17.7 Å². The Morgan fingerprint density at radius 3 is 2.88 bits per heavy atom. The van der Waals surface area contributed by atoms with Gasteiger partial charge in [0.15, 0.2) is 5.82 Å². The molecule has 4 rings (SSSR count). The minimum Gasteiger partial charge on any atom is -0.319 e. The summed E-state index contributed by atoms with van der Waals surface area (Å²) in [4.78, 5) is 25.2. The largest absolute Gasteiger partial charge is 0.319 e. The van der Waals surface area contributed by atoms with Crippen LogP contribution in [0.1, 0.15) is 33.1 Å². The second kappa shape index (κ2) is 6.34. The van der Waals surface area contributed by atoms with Crippen LogP contribution in [0.2, 0.25) is 5.02 Å². The Balaban J connectivity index is 1.60. The molecule has 0 atom stereocenters. The summed E-state index contributed by atoms with van der Waals surface area (Å²) in [6.07, 6.45) is 2.45. The number of aliphatic imine (C=N–C) groups is 1. The number of amides is 1. The van der Waals surface area contributed by atoms with Crippen LogP contribution >= 0.6 is 11.6 Å². The van der Waals surface area contributed by atoms with E-state index in [0.29, 0.717) is 28.8 Å². The number of rotatable bonds is 3. The highest BCUT2D eigenvalue weighted by Crippen LogP contribution is 2.31. The van der Waals surface area contributed by atoms with E-state index in [0.717, 1.165) is 22.4 Å². The van der Waals surface area contributed by atoms with Gasteiger partial charge in [0, 0.05) is 34.5 Å². The first kappa shape index (κ1) is 16.4. The molecule has 0 fully saturated rings. The molecular weight excluding hydrogens is 352 g/mol. The van der Waals surface area contributed by atoms with Gasteiger partial charge in [-0.15, -0.1) is 5.10 Å². The molecule has 26 heavy (non-hydrogen) atoms. The van der Waals surface area contributed by atoms with Crippen LogP contribution in [0, 0.1) is 13.8 Å². The number of aromatic nitrogens is 4. The van der Waals surface area contributed by atoms with Crippen LogP contribution in [0.5, 0.6) is 0 Å². The third kappa shape index (κ3) is 3.09. The number of carbonyl (C=O) groups is 1. The second-order valence-corrected chi connectivity index (χ2v) is 6.53. The summed E-state index contributed by atoms with van der Waals surface area (Å²) < 4.78 is 0. The summed E-state index contributed by atoms with van der Waals surface area (Å²) in [6.45, 7) is 3.73. The van der Waals surface area contributed by atoms with Crippen molar-refractivity contribution in [3.05, 3.63) is 63.8 Å². The van der Waals surface area contributed by atoms with Gasteiger partial charge in [-0.3, -0.25) is 9.89 Å². The Labute approximate surface area is 154 Å². The zero-order valence-corrected chi connectivity index (χ0v) is 14.9. The number of benzene rings is 1. The van der Waals surface area contributed by atoms with E-state index in [1.165, 1.54) is 0 Å². The number of nitrogens with zero attached hydrogens (tertiary/aromatic N) is 4. The van der Waals surface area contributed by atoms with Crippen LogP contribution in [0.3, 0.4) is 0 Å². The molecule has 1 amide bonds. The van der Waals surface area contributed by atoms with Crippen LogP contribution in [-0.2, 0) is 6.42 Å². The summed E-state index contributed by atoms with van der Waals surface area (Å²) in [5.74, 6) is 0.987. The molecule has 0 spiro atoms. The summed E-state index contributed by atoms with van der Waals surface area (Å²) in [7, 11) is 0. The number of anilines is 1. The topological polar surface area (TPSA) is 95.9 Å². The number of carbonyl (C=O) groups excluding carboxylic acids is 1. The molecule has 8 heteroatoms. The molecular formula is C18H15ClN6O. The zero-order chi connectivity index (χ0) is 18.3. The van der Waals surface area contributed by atoms with Crippen LogP contribution in [0.25, 0.3) is 0 Å². The Hall–Kier alpha value is -3.06. The van der Waals surface area contributed by atoms with Gasteiger partial charge in [0.2, 0.25) is 5.82 Å². The number of nitrogens with one attached hydrogen (secondary N) is 2. The maximum absolute atomic E-state index is 12.2. The molecule has 0 bridgehead atoms. The first-order valence-corrected chi connectivity index (χ1v) is 8.41. The number of H-pyrrole nitrogens is 1. The van der Waals surface area contributed by atoms with E-state index in [2.05, 4.69) is 36.5 Å². The first-order chi connectivity index (χ1) is 12.5. The van der Waals surface area contributed by atoms with Gasteiger partial charge in [0.1, 0.15) is 5.82 Å². The van der Waals surface area contributed by atoms with Crippen molar-refractivity contribution < 1.29 is 4.79 Å². The van der Waals surface area contributed by atoms with Crippen LogP contribution in [-0.4, -0.2) is 31.8 Å². The van der Waals surface area contributed by atoms with Crippen LogP contribution < -0.4 is 5.32 Å². The van der Waals surface area contributed by atoms with E-state index in [1.54, 1.807) is 31.3 Å². The molecule has 2 aromatic heterocycles. The standard InChI is InChI=1S/C18H15ClN6O/c1-9-5-11-6-15(23-16(11)20-8-9)13-7-12(3-4-14(13)19)22-18(26)17-21-10(2)24-25-17/h3-5,7-8H,6H2,1-2H3,(H,22,26)(H,21,24,25). The van der Waals surface area contributed by atoms with Crippen LogP contribution in [0.4, 0.5) is 11.5 Å². The SMILES string of the molecule is Cc1cnc2c(c1)CC(c1cc(NC(=O)c3n[nH]c(C)n3)ccc1Cl)=N2. The molecule has 7 nitrogen and oxygen atoms in total. The third-order valence-corrected chi connectivity index (χ3v) is 4.34. The van der Waals surface area contributed by atoms with E-state index in [4.69, 9.17) is 11.6 Å². The van der Waals surface area contributed by atoms with E-state index in [9.17, 15) is 4.79 Å². The fraction of sp³-hybridized carbons (Fsp3) is 0.167. The molecule has 1 aliphatic rings. The molecule has 3 heterocycles. The van der Waals surface area contributed by atoms with Gasteiger partial charge >= 0.3 is 0 Å². The van der Waals surface area contributed by atoms with Crippen molar-refractivity contribution in [1.29, 1.82) is 0 Å². The highest BCUT2D eigenvalue weighted by atomic mass is 35.5. The highest BCUT2D eigenvalue weighted by molar-refractivity contribution is 6.34. The van der Waals surface area contributed by atoms with Crippen molar-refractivity contribution in [3.8, 4) is 0 Å². The van der Waals surface area contributed by atoms with Gasteiger partial charge in [-0.05, 0) is 37.6 Å². The molecule has 2 N–H and O–H groups in total. The quantitative estimate of drug-likeness (QED) is 0.742.